The molecule has 112 valence electrons. The van der Waals surface area contributed by atoms with Crippen LogP contribution in [0, 0.1) is 15.9 Å². The van der Waals surface area contributed by atoms with E-state index in [4.69, 9.17) is 0 Å². The molecule has 12 heteroatoms. The summed E-state index contributed by atoms with van der Waals surface area (Å²) in [6, 6.07) is 3.75. The maximum absolute atomic E-state index is 13.6. The van der Waals surface area contributed by atoms with E-state index in [1.54, 1.807) is 0 Å². The first-order valence-electron chi connectivity index (χ1n) is 5.50. The van der Waals surface area contributed by atoms with Crippen LogP contribution in [0.3, 0.4) is 0 Å². The first-order chi connectivity index (χ1) is 10.5. The van der Waals surface area contributed by atoms with Gasteiger partial charge in [-0.2, -0.15) is 0 Å². The Labute approximate surface area is 127 Å². The molecular weight excluding hydrogens is 369 g/mol. The van der Waals surface area contributed by atoms with Gasteiger partial charge < -0.3 is 10.1 Å². The van der Waals surface area contributed by atoms with Crippen molar-refractivity contribution in [2.45, 2.75) is 0 Å². The van der Waals surface area contributed by atoms with Crippen LogP contribution in [0.4, 0.5) is 10.2 Å². The zero-order chi connectivity index (χ0) is 15.9. The number of hydrogen-bond acceptors (Lipinski definition) is 8. The summed E-state index contributed by atoms with van der Waals surface area (Å²) in [5.74, 6) is -2.71. The van der Waals surface area contributed by atoms with Crippen LogP contribution in [0.25, 0.3) is 17.2 Å². The van der Waals surface area contributed by atoms with Crippen molar-refractivity contribution in [1.29, 1.82) is 0 Å². The number of aromatic nitrogens is 4. The van der Waals surface area contributed by atoms with Gasteiger partial charge in [0.25, 0.3) is 5.69 Å². The maximum Gasteiger partial charge on any atom is 0.446 e. The van der Waals surface area contributed by atoms with Crippen molar-refractivity contribution in [3.63, 3.8) is 0 Å². The van der Waals surface area contributed by atoms with Crippen LogP contribution >= 0.6 is 15.9 Å². The Morgan fingerprint density at radius 3 is 2.77 bits per heavy atom. The van der Waals surface area contributed by atoms with Gasteiger partial charge in [0.2, 0.25) is 5.82 Å². The van der Waals surface area contributed by atoms with E-state index in [9.17, 15) is 19.3 Å². The van der Waals surface area contributed by atoms with Gasteiger partial charge in [-0.05, 0) is 44.2 Å². The zero-order valence-electron chi connectivity index (χ0n) is 10.3. The molecule has 0 atom stereocenters. The minimum absolute atomic E-state index is 0.0410. The van der Waals surface area contributed by atoms with Gasteiger partial charge in [-0.3, -0.25) is 4.52 Å². The standard InChI is InChI=1S/C10H3BrFN5O5/c11-5-2-1-4(3-6(5)12)16-8(14-21-10(16)18)7-9(17(19)20)15-22-13-7/h1-3H. The minimum atomic E-state index is -0.978. The predicted molar refractivity (Wildman–Crippen MR) is 69.7 cm³/mol. The molecule has 3 rings (SSSR count). The molecule has 0 saturated carbocycles. The summed E-state index contributed by atoms with van der Waals surface area (Å²) >= 11 is 2.97. The van der Waals surface area contributed by atoms with Crippen LogP contribution in [0.15, 0.2) is 36.6 Å². The molecule has 2 aromatic heterocycles. The van der Waals surface area contributed by atoms with Gasteiger partial charge >= 0.3 is 11.6 Å². The third kappa shape index (κ3) is 2.18. The van der Waals surface area contributed by atoms with Crippen LogP contribution in [0.2, 0.25) is 0 Å². The summed E-state index contributed by atoms with van der Waals surface area (Å²) in [4.78, 5) is 21.7. The quantitative estimate of drug-likeness (QED) is 0.501. The number of nitrogens with zero attached hydrogens (tertiary/aromatic N) is 5. The van der Waals surface area contributed by atoms with Gasteiger partial charge in [-0.25, -0.2) is 13.8 Å². The summed E-state index contributed by atoms with van der Waals surface area (Å²) in [6.45, 7) is 0. The Kier molecular flexibility index (Phi) is 3.29. The summed E-state index contributed by atoms with van der Waals surface area (Å²) in [5.41, 5.74) is -0.376. The van der Waals surface area contributed by atoms with Gasteiger partial charge in [0, 0.05) is 0 Å². The normalized spacial score (nSPS) is 10.8. The number of rotatable bonds is 3. The van der Waals surface area contributed by atoms with Crippen LogP contribution in [-0.4, -0.2) is 25.0 Å². The SMILES string of the molecule is O=c1onc(-c2nonc2[N+](=O)[O-])n1-c1ccc(Br)c(F)c1. The molecular formula is C10H3BrFN5O5. The van der Waals surface area contributed by atoms with Gasteiger partial charge in [0.15, 0.2) is 5.16 Å². The summed E-state index contributed by atoms with van der Waals surface area (Å²) in [6.07, 6.45) is 0. The van der Waals surface area contributed by atoms with Crippen LogP contribution in [-0.2, 0) is 0 Å². The lowest BCUT2D eigenvalue weighted by Crippen LogP contribution is -2.14. The van der Waals surface area contributed by atoms with Crippen molar-refractivity contribution in [2.24, 2.45) is 0 Å². The molecule has 0 N–H and O–H groups in total. The van der Waals surface area contributed by atoms with Crippen LogP contribution < -0.4 is 5.76 Å². The van der Waals surface area contributed by atoms with Crippen LogP contribution in [0.1, 0.15) is 0 Å². The molecule has 1 aromatic carbocycles. The van der Waals surface area contributed by atoms with E-state index in [0.717, 1.165) is 10.6 Å². The van der Waals surface area contributed by atoms with E-state index >= 15 is 0 Å². The van der Waals surface area contributed by atoms with Gasteiger partial charge in [-0.1, -0.05) is 5.16 Å². The fraction of sp³-hybridized carbons (Fsp3) is 0. The second-order valence-corrected chi connectivity index (χ2v) is 4.75. The minimum Gasteiger partial charge on any atom is -0.358 e. The molecule has 0 unspecified atom stereocenters. The molecule has 0 aliphatic carbocycles. The molecule has 0 aliphatic rings. The number of benzene rings is 1. The van der Waals surface area contributed by atoms with E-state index in [1.807, 2.05) is 0 Å². The van der Waals surface area contributed by atoms with E-state index in [-0.39, 0.29) is 16.0 Å². The lowest BCUT2D eigenvalue weighted by molar-refractivity contribution is -0.390. The molecule has 0 fully saturated rings. The zero-order valence-corrected chi connectivity index (χ0v) is 11.9. The Balaban J connectivity index is 2.24. The fourth-order valence-electron chi connectivity index (χ4n) is 1.70. The Bertz CT molecular complexity index is 932. The van der Waals surface area contributed by atoms with Crippen LogP contribution in [0.5, 0.6) is 0 Å². The molecule has 0 bridgehead atoms. The highest BCUT2D eigenvalue weighted by Gasteiger charge is 2.30. The molecule has 22 heavy (non-hydrogen) atoms. The van der Waals surface area contributed by atoms with E-state index in [0.29, 0.717) is 0 Å². The highest BCUT2D eigenvalue weighted by Crippen LogP contribution is 2.26. The topological polar surface area (TPSA) is 130 Å². The van der Waals surface area contributed by atoms with Crippen molar-refractivity contribution in [1.82, 2.24) is 20.0 Å². The summed E-state index contributed by atoms with van der Waals surface area (Å²) < 4.78 is 23.4. The van der Waals surface area contributed by atoms with Crippen molar-refractivity contribution in [2.75, 3.05) is 0 Å². The molecule has 0 aliphatic heterocycles. The molecule has 0 radical (unpaired) electrons. The van der Waals surface area contributed by atoms with E-state index in [2.05, 4.69) is 40.6 Å². The number of halogens is 2. The van der Waals surface area contributed by atoms with Gasteiger partial charge in [0.05, 0.1) is 10.2 Å². The highest BCUT2D eigenvalue weighted by atomic mass is 79.9. The third-order valence-electron chi connectivity index (χ3n) is 2.62. The van der Waals surface area contributed by atoms with Crippen molar-refractivity contribution >= 4 is 21.7 Å². The largest absolute Gasteiger partial charge is 0.446 e. The lowest BCUT2D eigenvalue weighted by Gasteiger charge is -2.03. The number of nitro groups is 1. The van der Waals surface area contributed by atoms with Crippen molar-refractivity contribution in [3.05, 3.63) is 49.2 Å². The van der Waals surface area contributed by atoms with E-state index in [1.165, 1.54) is 12.1 Å². The first kappa shape index (κ1) is 14.1. The molecule has 0 amide bonds. The van der Waals surface area contributed by atoms with Gasteiger partial charge in [0.1, 0.15) is 5.82 Å². The average molecular weight is 372 g/mol. The second kappa shape index (κ2) is 5.14. The molecule has 2 heterocycles. The molecule has 0 saturated heterocycles. The highest BCUT2D eigenvalue weighted by molar-refractivity contribution is 9.10. The fourth-order valence-corrected chi connectivity index (χ4v) is 1.94. The van der Waals surface area contributed by atoms with Crippen molar-refractivity contribution < 1.29 is 18.5 Å². The molecule has 0 spiro atoms. The summed E-state index contributed by atoms with van der Waals surface area (Å²) in [5, 5.41) is 20.7. The lowest BCUT2D eigenvalue weighted by atomic mass is 10.3. The molecule has 3 aromatic rings. The Hall–Kier alpha value is -2.89. The predicted octanol–water partition coefficient (Wildman–Crippen LogP) is 1.69. The second-order valence-electron chi connectivity index (χ2n) is 3.90. The number of hydrogen-bond donors (Lipinski definition) is 0. The van der Waals surface area contributed by atoms with Crippen molar-refractivity contribution in [3.8, 4) is 17.2 Å². The van der Waals surface area contributed by atoms with Gasteiger partial charge in [-0.15, -0.1) is 4.63 Å². The van der Waals surface area contributed by atoms with E-state index < -0.39 is 28.0 Å². The average Bonchev–Trinajstić information content (AvgIpc) is 3.08. The third-order valence-corrected chi connectivity index (χ3v) is 3.27. The smallest absolute Gasteiger partial charge is 0.358 e. The Morgan fingerprint density at radius 2 is 2.09 bits per heavy atom. The Morgan fingerprint density at radius 1 is 1.32 bits per heavy atom. The maximum atomic E-state index is 13.6. The monoisotopic (exact) mass is 371 g/mol. The first-order valence-corrected chi connectivity index (χ1v) is 6.30. The molecule has 10 nitrogen and oxygen atoms in total. The summed E-state index contributed by atoms with van der Waals surface area (Å²) in [7, 11) is 0.